The maximum atomic E-state index is 12.6. The van der Waals surface area contributed by atoms with E-state index in [1.165, 1.54) is 0 Å². The fraction of sp³-hybridized carbons (Fsp3) is 0.381. The number of benzene rings is 2. The van der Waals surface area contributed by atoms with Gasteiger partial charge in [0.25, 0.3) is 0 Å². The Labute approximate surface area is 167 Å². The van der Waals surface area contributed by atoms with E-state index in [0.29, 0.717) is 19.8 Å². The molecule has 0 heterocycles. The predicted octanol–water partition coefficient (Wildman–Crippen LogP) is 3.32. The van der Waals surface area contributed by atoms with Crippen LogP contribution in [0.1, 0.15) is 30.0 Å². The lowest BCUT2D eigenvalue weighted by molar-refractivity contribution is -0.126. The Morgan fingerprint density at radius 3 is 2.52 bits per heavy atom. The van der Waals surface area contributed by atoms with Gasteiger partial charge in [-0.3, -0.25) is 4.79 Å². The maximum Gasteiger partial charge on any atom is 0.244 e. The van der Waals surface area contributed by atoms with Crippen LogP contribution in [0.3, 0.4) is 0 Å². The molecule has 0 spiro atoms. The summed E-state index contributed by atoms with van der Waals surface area (Å²) in [5.74, 6) is 0.550. The molecule has 148 valence electrons. The van der Waals surface area contributed by atoms with Gasteiger partial charge in [-0.05, 0) is 31.0 Å². The van der Waals surface area contributed by atoms with Crippen LogP contribution in [-0.4, -0.2) is 26.2 Å². The largest absolute Gasteiger partial charge is 0.493 e. The Kier molecular flexibility index (Phi) is 9.29. The van der Waals surface area contributed by atoms with Crippen molar-refractivity contribution < 1.29 is 14.3 Å². The molecular weight excluding hydrogens is 364 g/mol. The van der Waals surface area contributed by atoms with Gasteiger partial charge in [0.1, 0.15) is 11.3 Å². The third-order valence-electron chi connectivity index (χ3n) is 4.26. The summed E-state index contributed by atoms with van der Waals surface area (Å²) in [6.07, 6.45) is 0.811. The summed E-state index contributed by atoms with van der Waals surface area (Å²) in [5.41, 5.74) is 7.98. The minimum atomic E-state index is -1.09. The number of carbonyl (C=O) groups is 1. The predicted molar refractivity (Wildman–Crippen MR) is 110 cm³/mol. The molecule has 1 unspecified atom stereocenters. The molecule has 0 saturated carbocycles. The number of carbonyl (C=O) groups excluding carboxylic acids is 1. The first-order valence-electron chi connectivity index (χ1n) is 8.79. The van der Waals surface area contributed by atoms with Crippen molar-refractivity contribution in [1.29, 1.82) is 0 Å². The van der Waals surface area contributed by atoms with E-state index in [1.54, 1.807) is 14.0 Å². The molecule has 0 fully saturated rings. The summed E-state index contributed by atoms with van der Waals surface area (Å²) >= 11 is 0. The second kappa shape index (κ2) is 10.9. The van der Waals surface area contributed by atoms with Gasteiger partial charge in [-0.2, -0.15) is 0 Å². The Morgan fingerprint density at radius 1 is 1.15 bits per heavy atom. The molecule has 0 aliphatic rings. The zero-order valence-electron chi connectivity index (χ0n) is 16.2. The summed E-state index contributed by atoms with van der Waals surface area (Å²) in [4.78, 5) is 12.6. The van der Waals surface area contributed by atoms with Gasteiger partial charge in [0.2, 0.25) is 5.91 Å². The Morgan fingerprint density at radius 2 is 1.85 bits per heavy atom. The third-order valence-corrected chi connectivity index (χ3v) is 4.26. The first kappa shape index (κ1) is 23.0. The summed E-state index contributed by atoms with van der Waals surface area (Å²) in [6, 6.07) is 15.3. The summed E-state index contributed by atoms with van der Waals surface area (Å²) < 4.78 is 10.9. The van der Waals surface area contributed by atoms with E-state index in [0.717, 1.165) is 28.9 Å². The number of halogens is 1. The lowest BCUT2D eigenvalue weighted by Crippen LogP contribution is -2.48. The van der Waals surface area contributed by atoms with Gasteiger partial charge >= 0.3 is 0 Å². The van der Waals surface area contributed by atoms with E-state index in [1.807, 2.05) is 55.5 Å². The molecule has 2 aromatic rings. The van der Waals surface area contributed by atoms with Crippen LogP contribution in [0, 0.1) is 6.92 Å². The van der Waals surface area contributed by atoms with Crippen molar-refractivity contribution in [1.82, 2.24) is 5.32 Å². The molecule has 0 aliphatic heterocycles. The quantitative estimate of drug-likeness (QED) is 0.642. The Bertz CT molecular complexity index is 721. The highest BCUT2D eigenvalue weighted by Gasteiger charge is 2.30. The summed E-state index contributed by atoms with van der Waals surface area (Å²) in [7, 11) is 1.67. The maximum absolute atomic E-state index is 12.6. The molecule has 0 aliphatic carbocycles. The molecule has 0 aromatic heterocycles. The van der Waals surface area contributed by atoms with Gasteiger partial charge in [0.15, 0.2) is 0 Å². The zero-order chi connectivity index (χ0) is 19.0. The van der Waals surface area contributed by atoms with Gasteiger partial charge < -0.3 is 20.5 Å². The molecule has 1 amide bonds. The number of amides is 1. The first-order chi connectivity index (χ1) is 12.4. The number of hydrogen-bond donors (Lipinski definition) is 2. The molecule has 0 saturated heterocycles. The number of nitrogens with two attached hydrogens (primary N) is 1. The van der Waals surface area contributed by atoms with Gasteiger partial charge in [-0.25, -0.2) is 0 Å². The SMILES string of the molecule is COCCCOc1cc(C)ccc1CNC(=O)C(C)(N)c1ccccc1.Cl. The molecule has 0 bridgehead atoms. The summed E-state index contributed by atoms with van der Waals surface area (Å²) in [5, 5.41) is 2.93. The number of rotatable bonds is 9. The third kappa shape index (κ3) is 6.54. The van der Waals surface area contributed by atoms with Crippen molar-refractivity contribution in [3.8, 4) is 5.75 Å². The zero-order valence-corrected chi connectivity index (χ0v) is 17.0. The normalized spacial score (nSPS) is 12.6. The van der Waals surface area contributed by atoms with Crippen LogP contribution < -0.4 is 15.8 Å². The number of methoxy groups -OCH3 is 1. The van der Waals surface area contributed by atoms with Crippen LogP contribution in [0.5, 0.6) is 5.75 Å². The topological polar surface area (TPSA) is 73.6 Å². The second-order valence-electron chi connectivity index (χ2n) is 6.56. The van der Waals surface area contributed by atoms with E-state index in [4.69, 9.17) is 15.2 Å². The molecule has 5 nitrogen and oxygen atoms in total. The van der Waals surface area contributed by atoms with Crippen LogP contribution >= 0.6 is 12.4 Å². The van der Waals surface area contributed by atoms with Crippen LogP contribution in [0.15, 0.2) is 48.5 Å². The Balaban J connectivity index is 0.00000364. The molecule has 3 N–H and O–H groups in total. The fourth-order valence-corrected chi connectivity index (χ4v) is 2.60. The van der Waals surface area contributed by atoms with Gasteiger partial charge in [-0.1, -0.05) is 42.5 Å². The molecule has 2 aromatic carbocycles. The monoisotopic (exact) mass is 392 g/mol. The van der Waals surface area contributed by atoms with E-state index < -0.39 is 5.54 Å². The highest BCUT2D eigenvalue weighted by Crippen LogP contribution is 2.22. The number of hydrogen-bond acceptors (Lipinski definition) is 4. The molecule has 27 heavy (non-hydrogen) atoms. The van der Waals surface area contributed by atoms with Crippen molar-refractivity contribution >= 4 is 18.3 Å². The lowest BCUT2D eigenvalue weighted by Gasteiger charge is -2.24. The lowest BCUT2D eigenvalue weighted by atomic mass is 9.92. The van der Waals surface area contributed by atoms with Crippen molar-refractivity contribution in [3.05, 3.63) is 65.2 Å². The molecule has 1 atom stereocenters. The van der Waals surface area contributed by atoms with Gasteiger partial charge in [0.05, 0.1) is 6.61 Å². The first-order valence-corrected chi connectivity index (χ1v) is 8.79. The van der Waals surface area contributed by atoms with Crippen molar-refractivity contribution in [3.63, 3.8) is 0 Å². The van der Waals surface area contributed by atoms with Crippen LogP contribution in [0.25, 0.3) is 0 Å². The Hall–Kier alpha value is -2.08. The highest BCUT2D eigenvalue weighted by atomic mass is 35.5. The highest BCUT2D eigenvalue weighted by molar-refractivity contribution is 5.87. The summed E-state index contributed by atoms with van der Waals surface area (Å²) in [6.45, 7) is 5.31. The molecule has 2 rings (SSSR count). The van der Waals surface area contributed by atoms with Gasteiger partial charge in [-0.15, -0.1) is 12.4 Å². The van der Waals surface area contributed by atoms with Crippen LogP contribution in [0.2, 0.25) is 0 Å². The van der Waals surface area contributed by atoms with Crippen molar-refractivity contribution in [2.24, 2.45) is 5.73 Å². The number of nitrogens with one attached hydrogen (secondary N) is 1. The minimum Gasteiger partial charge on any atom is -0.493 e. The van der Waals surface area contributed by atoms with E-state index >= 15 is 0 Å². The second-order valence-corrected chi connectivity index (χ2v) is 6.56. The molecular formula is C21H29ClN2O3. The molecule has 0 radical (unpaired) electrons. The van der Waals surface area contributed by atoms with Crippen molar-refractivity contribution in [2.45, 2.75) is 32.4 Å². The van der Waals surface area contributed by atoms with Gasteiger partial charge in [0, 0.05) is 32.2 Å². The standard InChI is InChI=1S/C21H28N2O3.ClH/c1-16-10-11-17(19(14-16)26-13-7-12-25-3)15-23-20(24)21(2,22)18-8-5-4-6-9-18;/h4-6,8-11,14H,7,12-13,15,22H2,1-3H3,(H,23,24);1H. The van der Waals surface area contributed by atoms with Crippen LogP contribution in [-0.2, 0) is 21.6 Å². The molecule has 6 heteroatoms. The smallest absolute Gasteiger partial charge is 0.244 e. The minimum absolute atomic E-state index is 0. The van der Waals surface area contributed by atoms with E-state index in [9.17, 15) is 4.79 Å². The van der Waals surface area contributed by atoms with E-state index in [-0.39, 0.29) is 18.3 Å². The number of aryl methyl sites for hydroxylation is 1. The average molecular weight is 393 g/mol. The fourth-order valence-electron chi connectivity index (χ4n) is 2.60. The average Bonchev–Trinajstić information content (AvgIpc) is 2.65. The van der Waals surface area contributed by atoms with E-state index in [2.05, 4.69) is 5.32 Å². The van der Waals surface area contributed by atoms with Crippen molar-refractivity contribution in [2.75, 3.05) is 20.3 Å². The number of ether oxygens (including phenoxy) is 2. The van der Waals surface area contributed by atoms with Crippen LogP contribution in [0.4, 0.5) is 0 Å².